The summed E-state index contributed by atoms with van der Waals surface area (Å²) in [5.41, 5.74) is 0. The maximum Gasteiger partial charge on any atom is 0.317 e. The molecule has 1 amide bonds. The first-order valence-electron chi connectivity index (χ1n) is 8.13. The largest absolute Gasteiger partial charge is 0.480 e. The molecule has 0 aromatic rings. The Kier molecular flexibility index (Phi) is 5.25. The first-order valence-corrected chi connectivity index (χ1v) is 8.13. The summed E-state index contributed by atoms with van der Waals surface area (Å²) in [7, 11) is 0. The molecule has 1 atom stereocenters. The average Bonchev–Trinajstić information content (AvgIpc) is 3.14. The number of carbonyl (C=O) groups is 2. The summed E-state index contributed by atoms with van der Waals surface area (Å²) in [4.78, 5) is 25.1. The van der Waals surface area contributed by atoms with Crippen LogP contribution in [0.25, 0.3) is 0 Å². The Bertz CT molecular complexity index is 387. The molecule has 0 aliphatic heterocycles. The Morgan fingerprint density at radius 1 is 1.24 bits per heavy atom. The van der Waals surface area contributed by atoms with Crippen LogP contribution in [0.3, 0.4) is 0 Å². The van der Waals surface area contributed by atoms with Crippen molar-refractivity contribution in [2.24, 2.45) is 17.8 Å². The van der Waals surface area contributed by atoms with Crippen molar-refractivity contribution in [1.82, 2.24) is 10.2 Å². The first-order chi connectivity index (χ1) is 9.86. The second kappa shape index (κ2) is 6.77. The molecular formula is C16H28N2O3. The van der Waals surface area contributed by atoms with E-state index < -0.39 is 5.97 Å². The van der Waals surface area contributed by atoms with E-state index in [1.165, 1.54) is 12.8 Å². The predicted molar refractivity (Wildman–Crippen MR) is 80.9 cm³/mol. The highest BCUT2D eigenvalue weighted by atomic mass is 16.4. The van der Waals surface area contributed by atoms with Gasteiger partial charge in [-0.2, -0.15) is 0 Å². The molecule has 0 saturated heterocycles. The van der Waals surface area contributed by atoms with E-state index in [9.17, 15) is 9.59 Å². The van der Waals surface area contributed by atoms with Gasteiger partial charge in [-0.05, 0) is 37.5 Å². The molecule has 2 fully saturated rings. The summed E-state index contributed by atoms with van der Waals surface area (Å²) in [6.07, 6.45) is 4.23. The van der Waals surface area contributed by atoms with Crippen LogP contribution in [0.4, 0.5) is 0 Å². The minimum absolute atomic E-state index is 0.0330. The van der Waals surface area contributed by atoms with Gasteiger partial charge >= 0.3 is 5.97 Å². The lowest BCUT2D eigenvalue weighted by atomic mass is 9.84. The topological polar surface area (TPSA) is 69.6 Å². The van der Waals surface area contributed by atoms with Gasteiger partial charge in [-0.25, -0.2) is 0 Å². The van der Waals surface area contributed by atoms with Crippen molar-refractivity contribution < 1.29 is 14.7 Å². The van der Waals surface area contributed by atoms with Crippen LogP contribution in [0.5, 0.6) is 0 Å². The monoisotopic (exact) mass is 296 g/mol. The van der Waals surface area contributed by atoms with Gasteiger partial charge in [0.1, 0.15) is 0 Å². The van der Waals surface area contributed by atoms with Gasteiger partial charge in [0.15, 0.2) is 0 Å². The third-order valence-electron chi connectivity index (χ3n) is 4.92. The van der Waals surface area contributed by atoms with E-state index in [4.69, 9.17) is 5.11 Å². The Balaban J connectivity index is 1.75. The molecule has 0 spiro atoms. The summed E-state index contributed by atoms with van der Waals surface area (Å²) in [6.45, 7) is 7.10. The van der Waals surface area contributed by atoms with Crippen LogP contribution in [0.15, 0.2) is 0 Å². The molecule has 2 saturated carbocycles. The zero-order valence-corrected chi connectivity index (χ0v) is 13.3. The molecule has 1 unspecified atom stereocenters. The number of hydrogen-bond acceptors (Lipinski definition) is 3. The molecule has 0 aromatic heterocycles. The van der Waals surface area contributed by atoms with E-state index in [0.717, 1.165) is 19.4 Å². The lowest BCUT2D eigenvalue weighted by molar-refractivity contribution is -0.140. The third kappa shape index (κ3) is 4.70. The van der Waals surface area contributed by atoms with Gasteiger partial charge < -0.3 is 10.4 Å². The van der Waals surface area contributed by atoms with Crippen molar-refractivity contribution >= 4 is 11.9 Å². The Morgan fingerprint density at radius 2 is 1.86 bits per heavy atom. The van der Waals surface area contributed by atoms with Gasteiger partial charge in [0.25, 0.3) is 0 Å². The number of carboxylic acids is 1. The standard InChI is InChI=1S/C16H28N2O3/c1-10(2)11(3)16(21)17-13-6-14(7-13)18(9-15(19)20)8-12-4-5-12/h10-14H,4-9H2,1-3H3,(H,17,21)(H,19,20). The number of rotatable bonds is 8. The zero-order chi connectivity index (χ0) is 15.6. The van der Waals surface area contributed by atoms with E-state index in [-0.39, 0.29) is 24.4 Å². The van der Waals surface area contributed by atoms with E-state index >= 15 is 0 Å². The van der Waals surface area contributed by atoms with E-state index in [0.29, 0.717) is 17.9 Å². The number of nitrogens with one attached hydrogen (secondary N) is 1. The summed E-state index contributed by atoms with van der Waals surface area (Å²) < 4.78 is 0. The fourth-order valence-corrected chi connectivity index (χ4v) is 2.79. The summed E-state index contributed by atoms with van der Waals surface area (Å²) >= 11 is 0. The number of carbonyl (C=O) groups excluding carboxylic acids is 1. The Hall–Kier alpha value is -1.10. The lowest BCUT2D eigenvalue weighted by Crippen LogP contribution is -2.56. The van der Waals surface area contributed by atoms with Crippen molar-refractivity contribution in [2.45, 2.75) is 58.5 Å². The minimum atomic E-state index is -0.753. The first kappa shape index (κ1) is 16.3. The van der Waals surface area contributed by atoms with Gasteiger partial charge in [0.05, 0.1) is 6.54 Å². The molecular weight excluding hydrogens is 268 g/mol. The van der Waals surface area contributed by atoms with Crippen molar-refractivity contribution in [3.63, 3.8) is 0 Å². The minimum Gasteiger partial charge on any atom is -0.480 e. The van der Waals surface area contributed by atoms with Gasteiger partial charge in [0, 0.05) is 24.5 Å². The lowest BCUT2D eigenvalue weighted by Gasteiger charge is -2.43. The second-order valence-corrected chi connectivity index (χ2v) is 7.13. The molecule has 2 rings (SSSR count). The van der Waals surface area contributed by atoms with Gasteiger partial charge in [-0.3, -0.25) is 14.5 Å². The van der Waals surface area contributed by atoms with Gasteiger partial charge in [0.2, 0.25) is 5.91 Å². The van der Waals surface area contributed by atoms with Crippen LogP contribution in [-0.2, 0) is 9.59 Å². The zero-order valence-electron chi connectivity index (χ0n) is 13.3. The number of amides is 1. The number of nitrogens with zero attached hydrogens (tertiary/aromatic N) is 1. The fourth-order valence-electron chi connectivity index (χ4n) is 2.79. The molecule has 2 aliphatic rings. The normalized spacial score (nSPS) is 26.5. The van der Waals surface area contributed by atoms with Crippen molar-refractivity contribution in [3.05, 3.63) is 0 Å². The quantitative estimate of drug-likeness (QED) is 0.715. The van der Waals surface area contributed by atoms with Crippen molar-refractivity contribution in [3.8, 4) is 0 Å². The van der Waals surface area contributed by atoms with Crippen molar-refractivity contribution in [2.75, 3.05) is 13.1 Å². The maximum atomic E-state index is 12.0. The molecule has 0 aromatic carbocycles. The van der Waals surface area contributed by atoms with Crippen LogP contribution in [0.2, 0.25) is 0 Å². The molecule has 0 heterocycles. The highest BCUT2D eigenvalue weighted by Gasteiger charge is 2.38. The predicted octanol–water partition coefficient (Wildman–Crippen LogP) is 1.72. The summed E-state index contributed by atoms with van der Waals surface area (Å²) in [5.74, 6) is 0.445. The number of aliphatic carboxylic acids is 1. The van der Waals surface area contributed by atoms with Gasteiger partial charge in [-0.1, -0.05) is 20.8 Å². The van der Waals surface area contributed by atoms with Crippen LogP contribution < -0.4 is 5.32 Å². The number of carboxylic acid groups (broad SMARTS) is 1. The Labute approximate surface area is 127 Å². The van der Waals surface area contributed by atoms with Crippen LogP contribution in [0.1, 0.15) is 46.5 Å². The molecule has 2 aliphatic carbocycles. The van der Waals surface area contributed by atoms with E-state index in [1.807, 2.05) is 6.92 Å². The van der Waals surface area contributed by atoms with Crippen LogP contribution in [0, 0.1) is 17.8 Å². The Morgan fingerprint density at radius 3 is 2.33 bits per heavy atom. The molecule has 5 nitrogen and oxygen atoms in total. The van der Waals surface area contributed by atoms with E-state index in [1.54, 1.807) is 0 Å². The fraction of sp³-hybridized carbons (Fsp3) is 0.875. The maximum absolute atomic E-state index is 12.0. The number of hydrogen-bond donors (Lipinski definition) is 2. The van der Waals surface area contributed by atoms with Crippen LogP contribution in [-0.4, -0.2) is 47.1 Å². The molecule has 2 N–H and O–H groups in total. The summed E-state index contributed by atoms with van der Waals surface area (Å²) in [5, 5.41) is 12.1. The molecule has 21 heavy (non-hydrogen) atoms. The van der Waals surface area contributed by atoms with Crippen molar-refractivity contribution in [1.29, 1.82) is 0 Å². The molecule has 120 valence electrons. The molecule has 0 bridgehead atoms. The SMILES string of the molecule is CC(C)C(C)C(=O)NC1CC(N(CC(=O)O)CC2CC2)C1. The van der Waals surface area contributed by atoms with Crippen LogP contribution >= 0.6 is 0 Å². The smallest absolute Gasteiger partial charge is 0.317 e. The summed E-state index contributed by atoms with van der Waals surface area (Å²) in [6, 6.07) is 0.542. The highest BCUT2D eigenvalue weighted by Crippen LogP contribution is 2.33. The molecule has 0 radical (unpaired) electrons. The van der Waals surface area contributed by atoms with E-state index in [2.05, 4.69) is 24.1 Å². The molecule has 5 heteroatoms. The second-order valence-electron chi connectivity index (χ2n) is 7.13. The third-order valence-corrected chi connectivity index (χ3v) is 4.92. The average molecular weight is 296 g/mol. The van der Waals surface area contributed by atoms with Gasteiger partial charge in [-0.15, -0.1) is 0 Å². The highest BCUT2D eigenvalue weighted by molar-refractivity contribution is 5.78.